The van der Waals surface area contributed by atoms with E-state index in [-0.39, 0.29) is 11.9 Å². The molecule has 2 unspecified atom stereocenters. The van der Waals surface area contributed by atoms with Gasteiger partial charge in [0.2, 0.25) is 5.95 Å². The van der Waals surface area contributed by atoms with Crippen LogP contribution in [0.1, 0.15) is 37.8 Å². The average Bonchev–Trinajstić information content (AvgIpc) is 3.60. The fourth-order valence-electron chi connectivity index (χ4n) is 5.67. The van der Waals surface area contributed by atoms with Crippen molar-refractivity contribution in [3.63, 3.8) is 0 Å². The zero-order valence-corrected chi connectivity index (χ0v) is 23.6. The molecular weight excluding hydrogens is 532 g/mol. The lowest BCUT2D eigenvalue weighted by Gasteiger charge is -2.28. The van der Waals surface area contributed by atoms with E-state index in [0.29, 0.717) is 28.1 Å². The van der Waals surface area contributed by atoms with Crippen molar-refractivity contribution in [2.75, 3.05) is 11.4 Å². The van der Waals surface area contributed by atoms with Crippen molar-refractivity contribution in [3.05, 3.63) is 83.5 Å². The number of imidazole rings is 1. The number of benzene rings is 2. The number of rotatable bonds is 6. The summed E-state index contributed by atoms with van der Waals surface area (Å²) in [5.41, 5.74) is 3.42. The number of carbonyl (C=O) groups is 1. The third-order valence-electron chi connectivity index (χ3n) is 7.63. The van der Waals surface area contributed by atoms with Crippen LogP contribution in [0, 0.1) is 6.92 Å². The summed E-state index contributed by atoms with van der Waals surface area (Å²) in [6.45, 7) is 6.69. The molecule has 10 heteroatoms. The van der Waals surface area contributed by atoms with Crippen molar-refractivity contribution in [2.24, 2.45) is 0 Å². The molecule has 1 amide bonds. The third-order valence-corrected chi connectivity index (χ3v) is 9.47. The minimum atomic E-state index is -1.45. The van der Waals surface area contributed by atoms with Crippen LogP contribution in [0.2, 0.25) is 5.02 Å². The summed E-state index contributed by atoms with van der Waals surface area (Å²) < 4.78 is 17.8. The minimum absolute atomic E-state index is 0.138. The molecule has 0 radical (unpaired) electrons. The third kappa shape index (κ3) is 4.48. The molecule has 0 spiro atoms. The number of halogens is 1. The molecule has 8 nitrogen and oxygen atoms in total. The van der Waals surface area contributed by atoms with Gasteiger partial charge in [0.05, 0.1) is 11.9 Å². The fourth-order valence-corrected chi connectivity index (χ4v) is 7.50. The van der Waals surface area contributed by atoms with Gasteiger partial charge >= 0.3 is 0 Å². The SMILES string of the molecule is Cc1cc(Cl)cc(N2C(=O)[C@@](C)(Cc3ccc(-c4cncnc4)cc3)n3c(S(=O)N4CCCC4C)cnc32)c1. The summed E-state index contributed by atoms with van der Waals surface area (Å²) in [4.78, 5) is 28.8. The first-order chi connectivity index (χ1) is 18.8. The quantitative estimate of drug-likeness (QED) is 0.313. The number of amides is 1. The second-order valence-electron chi connectivity index (χ2n) is 10.5. The fraction of sp³-hybridized carbons (Fsp3) is 0.310. The van der Waals surface area contributed by atoms with Crippen LogP contribution in [0.4, 0.5) is 11.6 Å². The number of fused-ring (bicyclic) bond motifs is 1. The lowest BCUT2D eigenvalue weighted by Crippen LogP contribution is -2.42. The van der Waals surface area contributed by atoms with Crippen LogP contribution in [0.3, 0.4) is 0 Å². The van der Waals surface area contributed by atoms with Gasteiger partial charge in [-0.05, 0) is 68.5 Å². The molecule has 1 saturated heterocycles. The molecule has 6 rings (SSSR count). The Morgan fingerprint density at radius 3 is 2.49 bits per heavy atom. The Morgan fingerprint density at radius 1 is 1.08 bits per heavy atom. The Kier molecular flexibility index (Phi) is 6.61. The number of anilines is 2. The molecule has 2 aliphatic rings. The Balaban J connectivity index is 1.43. The Hall–Kier alpha value is -3.40. The molecule has 0 saturated carbocycles. The number of hydrogen-bond acceptors (Lipinski definition) is 5. The largest absolute Gasteiger partial charge is 0.286 e. The molecule has 2 aliphatic heterocycles. The molecule has 0 N–H and O–H groups in total. The van der Waals surface area contributed by atoms with Crippen molar-refractivity contribution in [1.82, 2.24) is 23.8 Å². The average molecular weight is 561 g/mol. The van der Waals surface area contributed by atoms with Crippen molar-refractivity contribution >= 4 is 40.1 Å². The maximum Gasteiger partial charge on any atom is 0.260 e. The lowest BCUT2D eigenvalue weighted by molar-refractivity contribution is -0.124. The Labute approximate surface area is 235 Å². The second-order valence-corrected chi connectivity index (χ2v) is 12.3. The van der Waals surface area contributed by atoms with Crippen LogP contribution in [-0.2, 0) is 27.7 Å². The summed E-state index contributed by atoms with van der Waals surface area (Å²) in [5, 5.41) is 1.08. The van der Waals surface area contributed by atoms with E-state index in [1.54, 1.807) is 29.6 Å². The van der Waals surface area contributed by atoms with E-state index in [9.17, 15) is 9.00 Å². The van der Waals surface area contributed by atoms with Crippen molar-refractivity contribution in [1.29, 1.82) is 0 Å². The van der Waals surface area contributed by atoms with Gasteiger partial charge in [-0.1, -0.05) is 35.9 Å². The minimum Gasteiger partial charge on any atom is -0.286 e. The molecule has 4 heterocycles. The predicted molar refractivity (Wildman–Crippen MR) is 152 cm³/mol. The van der Waals surface area contributed by atoms with E-state index >= 15 is 0 Å². The van der Waals surface area contributed by atoms with E-state index < -0.39 is 16.5 Å². The molecule has 2 aromatic heterocycles. The molecule has 1 fully saturated rings. The number of aromatic nitrogens is 4. The van der Waals surface area contributed by atoms with E-state index in [1.165, 1.54) is 6.33 Å². The van der Waals surface area contributed by atoms with Gasteiger partial charge in [-0.25, -0.2) is 28.4 Å². The molecule has 0 aliphatic carbocycles. The first kappa shape index (κ1) is 25.9. The van der Waals surface area contributed by atoms with Crippen LogP contribution < -0.4 is 4.90 Å². The summed E-state index contributed by atoms with van der Waals surface area (Å²) in [6, 6.07) is 13.8. The summed E-state index contributed by atoms with van der Waals surface area (Å²) in [5.74, 6) is 0.318. The maximum absolute atomic E-state index is 14.3. The first-order valence-electron chi connectivity index (χ1n) is 13.0. The lowest BCUT2D eigenvalue weighted by atomic mass is 9.91. The second kappa shape index (κ2) is 9.97. The number of carbonyl (C=O) groups excluding carboxylic acids is 1. The van der Waals surface area contributed by atoms with Gasteiger partial charge in [-0.3, -0.25) is 9.36 Å². The highest BCUT2D eigenvalue weighted by molar-refractivity contribution is 7.82. The number of aryl methyl sites for hydroxylation is 1. The molecule has 0 bridgehead atoms. The molecule has 4 aromatic rings. The molecule has 39 heavy (non-hydrogen) atoms. The summed E-state index contributed by atoms with van der Waals surface area (Å²) in [7, 11) is -1.45. The van der Waals surface area contributed by atoms with Crippen molar-refractivity contribution in [3.8, 4) is 11.1 Å². The highest BCUT2D eigenvalue weighted by Gasteiger charge is 2.51. The molecule has 200 valence electrons. The van der Waals surface area contributed by atoms with Gasteiger partial charge in [0.15, 0.2) is 0 Å². The van der Waals surface area contributed by atoms with Crippen molar-refractivity contribution < 1.29 is 9.00 Å². The zero-order valence-electron chi connectivity index (χ0n) is 22.0. The van der Waals surface area contributed by atoms with Gasteiger partial charge in [0, 0.05) is 42.0 Å². The molecule has 3 atom stereocenters. The van der Waals surface area contributed by atoms with E-state index in [4.69, 9.17) is 11.6 Å². The van der Waals surface area contributed by atoms with Gasteiger partial charge in [0.25, 0.3) is 5.91 Å². The molecule has 2 aromatic carbocycles. The van der Waals surface area contributed by atoms with Crippen LogP contribution in [0.5, 0.6) is 0 Å². The normalized spacial score (nSPS) is 21.9. The highest BCUT2D eigenvalue weighted by atomic mass is 35.5. The highest BCUT2D eigenvalue weighted by Crippen LogP contribution is 2.44. The smallest absolute Gasteiger partial charge is 0.260 e. The summed E-state index contributed by atoms with van der Waals surface area (Å²) >= 11 is 6.40. The van der Waals surface area contributed by atoms with E-state index in [0.717, 1.165) is 41.6 Å². The number of nitrogens with zero attached hydrogens (tertiary/aromatic N) is 6. The first-order valence-corrected chi connectivity index (χ1v) is 14.5. The monoisotopic (exact) mass is 560 g/mol. The molecular formula is C29H29ClN6O2S. The van der Waals surface area contributed by atoms with Crippen LogP contribution in [0.25, 0.3) is 11.1 Å². The van der Waals surface area contributed by atoms with Gasteiger partial charge in [0.1, 0.15) is 27.9 Å². The van der Waals surface area contributed by atoms with Crippen LogP contribution >= 0.6 is 11.6 Å². The maximum atomic E-state index is 14.3. The van der Waals surface area contributed by atoms with Gasteiger partial charge in [-0.15, -0.1) is 0 Å². The van der Waals surface area contributed by atoms with Crippen LogP contribution in [0.15, 0.2) is 72.4 Å². The van der Waals surface area contributed by atoms with Crippen LogP contribution in [-0.4, -0.2) is 46.5 Å². The predicted octanol–water partition coefficient (Wildman–Crippen LogP) is 5.45. The van der Waals surface area contributed by atoms with Crippen molar-refractivity contribution in [2.45, 2.75) is 56.6 Å². The standard InChI is InChI=1S/C29H29ClN6O2S/c1-19-11-24(30)13-25(12-19)35-27(37)29(3,14-21-6-8-22(9-7-21)23-15-31-18-32-16-23)36-26(17-33-28(35)36)39(38)34-10-4-5-20(34)2/h6-9,11-13,15-18,20H,4-5,10,14H2,1-3H3/t20?,29-,39?/m1/s1. The van der Waals surface area contributed by atoms with Gasteiger partial charge < -0.3 is 0 Å². The zero-order chi connectivity index (χ0) is 27.3. The van der Waals surface area contributed by atoms with E-state index in [1.807, 2.05) is 59.1 Å². The van der Waals surface area contributed by atoms with Gasteiger partial charge in [-0.2, -0.15) is 0 Å². The topological polar surface area (TPSA) is 84.2 Å². The Bertz CT molecular complexity index is 1550. The van der Waals surface area contributed by atoms with E-state index in [2.05, 4.69) is 21.9 Å². The summed E-state index contributed by atoms with van der Waals surface area (Å²) in [6.07, 6.45) is 9.10. The Morgan fingerprint density at radius 2 is 1.82 bits per heavy atom. The number of hydrogen-bond donors (Lipinski definition) is 0.